The number of hydrogen-bond acceptors (Lipinski definition) is 4. The Balaban J connectivity index is 2.20. The van der Waals surface area contributed by atoms with Gasteiger partial charge in [0, 0.05) is 11.6 Å². The van der Waals surface area contributed by atoms with E-state index in [1.807, 2.05) is 47.5 Å². The zero-order chi connectivity index (χ0) is 11.7. The second-order valence-electron chi connectivity index (χ2n) is 3.57. The van der Waals surface area contributed by atoms with Crippen molar-refractivity contribution in [2.45, 2.75) is 5.03 Å². The summed E-state index contributed by atoms with van der Waals surface area (Å²) >= 11 is 1.56. The van der Waals surface area contributed by atoms with Crippen LogP contribution in [0.2, 0.25) is 0 Å². The molecule has 0 atom stereocenters. The molecule has 1 aromatic carbocycles. The van der Waals surface area contributed by atoms with Crippen molar-refractivity contribution in [3.63, 3.8) is 0 Å². The summed E-state index contributed by atoms with van der Waals surface area (Å²) < 4.78 is 1.85. The Morgan fingerprint density at radius 2 is 2.00 bits per heavy atom. The third-order valence-electron chi connectivity index (χ3n) is 2.50. The van der Waals surface area contributed by atoms with Gasteiger partial charge in [-0.2, -0.15) is 10.2 Å². The van der Waals surface area contributed by atoms with E-state index in [4.69, 9.17) is 0 Å². The van der Waals surface area contributed by atoms with E-state index in [1.54, 1.807) is 18.0 Å². The lowest BCUT2D eigenvalue weighted by atomic mass is 10.3. The number of rotatable bonds is 2. The van der Waals surface area contributed by atoms with Crippen molar-refractivity contribution in [3.8, 4) is 5.69 Å². The van der Waals surface area contributed by atoms with E-state index >= 15 is 0 Å². The van der Waals surface area contributed by atoms with Crippen molar-refractivity contribution >= 4 is 22.7 Å². The molecule has 2 aromatic heterocycles. The van der Waals surface area contributed by atoms with Crippen LogP contribution in [-0.2, 0) is 0 Å². The van der Waals surface area contributed by atoms with Gasteiger partial charge in [-0.25, -0.2) is 4.68 Å². The average Bonchev–Trinajstić information content (AvgIpc) is 2.83. The molecule has 5 heteroatoms. The molecule has 0 amide bonds. The van der Waals surface area contributed by atoms with E-state index in [2.05, 4.69) is 15.3 Å². The molecule has 4 nitrogen and oxygen atoms in total. The van der Waals surface area contributed by atoms with Gasteiger partial charge < -0.3 is 0 Å². The highest BCUT2D eigenvalue weighted by Gasteiger charge is 2.08. The Kier molecular flexibility index (Phi) is 2.53. The van der Waals surface area contributed by atoms with Gasteiger partial charge in [0.05, 0.1) is 11.9 Å². The monoisotopic (exact) mass is 242 g/mol. The molecule has 2 heterocycles. The molecule has 0 aliphatic carbocycles. The van der Waals surface area contributed by atoms with E-state index in [0.717, 1.165) is 21.6 Å². The van der Waals surface area contributed by atoms with Crippen LogP contribution in [0.25, 0.3) is 16.6 Å². The van der Waals surface area contributed by atoms with Crippen molar-refractivity contribution in [1.29, 1.82) is 0 Å². The van der Waals surface area contributed by atoms with Crippen LogP contribution in [0.5, 0.6) is 0 Å². The van der Waals surface area contributed by atoms with Crippen LogP contribution in [0.4, 0.5) is 0 Å². The number of thioether (sulfide) groups is 1. The maximum atomic E-state index is 4.55. The largest absolute Gasteiger partial charge is 0.240 e. The lowest BCUT2D eigenvalue weighted by Crippen LogP contribution is -1.93. The smallest absolute Gasteiger partial charge is 0.147 e. The lowest BCUT2D eigenvalue weighted by molar-refractivity contribution is 0.881. The molecule has 0 N–H and O–H groups in total. The van der Waals surface area contributed by atoms with E-state index in [1.165, 1.54) is 0 Å². The summed E-state index contributed by atoms with van der Waals surface area (Å²) in [5, 5.41) is 14.4. The number of aromatic nitrogens is 4. The molecule has 0 aliphatic heterocycles. The second kappa shape index (κ2) is 4.18. The molecule has 17 heavy (non-hydrogen) atoms. The average molecular weight is 242 g/mol. The van der Waals surface area contributed by atoms with Gasteiger partial charge in [0.25, 0.3) is 0 Å². The van der Waals surface area contributed by atoms with Crippen LogP contribution in [0, 0.1) is 0 Å². The normalized spacial score (nSPS) is 10.9. The molecule has 0 aliphatic rings. The van der Waals surface area contributed by atoms with Gasteiger partial charge in [0.1, 0.15) is 10.5 Å². The van der Waals surface area contributed by atoms with Crippen molar-refractivity contribution < 1.29 is 0 Å². The van der Waals surface area contributed by atoms with Crippen molar-refractivity contribution in [1.82, 2.24) is 20.0 Å². The van der Waals surface area contributed by atoms with Crippen molar-refractivity contribution in [2.75, 3.05) is 6.26 Å². The highest BCUT2D eigenvalue weighted by atomic mass is 32.2. The maximum Gasteiger partial charge on any atom is 0.147 e. The van der Waals surface area contributed by atoms with E-state index in [0.29, 0.717) is 0 Å². The molecule has 3 rings (SSSR count). The minimum Gasteiger partial charge on any atom is -0.240 e. The van der Waals surface area contributed by atoms with Gasteiger partial charge in [-0.05, 0) is 18.4 Å². The molecule has 0 radical (unpaired) electrons. The predicted octanol–water partition coefficient (Wildman–Crippen LogP) is 2.54. The standard InChI is InChI=1S/C12H10N4S/c1-17-12-11-9(7-13-14-12)8-16(15-11)10-5-3-2-4-6-10/h2-8H,1H3. The zero-order valence-corrected chi connectivity index (χ0v) is 10.1. The molecule has 3 aromatic rings. The summed E-state index contributed by atoms with van der Waals surface area (Å²) in [5.41, 5.74) is 1.94. The van der Waals surface area contributed by atoms with Crippen LogP contribution in [-0.4, -0.2) is 26.2 Å². The Morgan fingerprint density at radius 1 is 1.18 bits per heavy atom. The Morgan fingerprint density at radius 3 is 2.76 bits per heavy atom. The van der Waals surface area contributed by atoms with Crippen molar-refractivity contribution in [3.05, 3.63) is 42.7 Å². The highest BCUT2D eigenvalue weighted by molar-refractivity contribution is 7.98. The molecule has 0 saturated heterocycles. The number of nitrogens with zero attached hydrogens (tertiary/aromatic N) is 4. The highest BCUT2D eigenvalue weighted by Crippen LogP contribution is 2.22. The summed E-state index contributed by atoms with van der Waals surface area (Å²) in [6, 6.07) is 10.0. The van der Waals surface area contributed by atoms with Gasteiger partial charge in [0.2, 0.25) is 0 Å². The molecule has 0 unspecified atom stereocenters. The first-order chi connectivity index (χ1) is 8.38. The SMILES string of the molecule is CSc1nncc2cn(-c3ccccc3)nc12. The summed E-state index contributed by atoms with van der Waals surface area (Å²) in [6.45, 7) is 0. The van der Waals surface area contributed by atoms with Gasteiger partial charge in [0.15, 0.2) is 0 Å². The fourth-order valence-corrected chi connectivity index (χ4v) is 2.17. The molecular formula is C12H10N4S. The summed E-state index contributed by atoms with van der Waals surface area (Å²) in [4.78, 5) is 0. The number of para-hydroxylation sites is 1. The first-order valence-electron chi connectivity index (χ1n) is 5.19. The first kappa shape index (κ1) is 10.3. The van der Waals surface area contributed by atoms with Crippen LogP contribution < -0.4 is 0 Å². The number of hydrogen-bond donors (Lipinski definition) is 0. The summed E-state index contributed by atoms with van der Waals surface area (Å²) in [7, 11) is 0. The lowest BCUT2D eigenvalue weighted by Gasteiger charge is -1.98. The van der Waals surface area contributed by atoms with Gasteiger partial charge >= 0.3 is 0 Å². The van der Waals surface area contributed by atoms with E-state index in [-0.39, 0.29) is 0 Å². The summed E-state index contributed by atoms with van der Waals surface area (Å²) in [5.74, 6) is 0. The topological polar surface area (TPSA) is 43.6 Å². The first-order valence-corrected chi connectivity index (χ1v) is 6.41. The Labute approximate surface area is 103 Å². The van der Waals surface area contributed by atoms with Crippen LogP contribution in [0.15, 0.2) is 47.8 Å². The maximum absolute atomic E-state index is 4.55. The van der Waals surface area contributed by atoms with E-state index in [9.17, 15) is 0 Å². The fraction of sp³-hybridized carbons (Fsp3) is 0.0833. The molecule has 0 saturated carbocycles. The molecule has 0 spiro atoms. The van der Waals surface area contributed by atoms with Crippen LogP contribution in [0.3, 0.4) is 0 Å². The van der Waals surface area contributed by atoms with Gasteiger partial charge in [-0.1, -0.05) is 18.2 Å². The summed E-state index contributed by atoms with van der Waals surface area (Å²) in [6.07, 6.45) is 5.69. The van der Waals surface area contributed by atoms with Crippen LogP contribution >= 0.6 is 11.8 Å². The minimum atomic E-state index is 0.859. The Bertz CT molecular complexity index is 648. The van der Waals surface area contributed by atoms with Crippen molar-refractivity contribution in [2.24, 2.45) is 0 Å². The molecule has 84 valence electrons. The predicted molar refractivity (Wildman–Crippen MR) is 68.4 cm³/mol. The number of benzene rings is 1. The third-order valence-corrected chi connectivity index (χ3v) is 3.17. The minimum absolute atomic E-state index is 0.859. The zero-order valence-electron chi connectivity index (χ0n) is 9.24. The molecular weight excluding hydrogens is 232 g/mol. The van der Waals surface area contributed by atoms with Crippen LogP contribution in [0.1, 0.15) is 0 Å². The number of fused-ring (bicyclic) bond motifs is 1. The second-order valence-corrected chi connectivity index (χ2v) is 4.36. The fourth-order valence-electron chi connectivity index (χ4n) is 1.69. The molecule has 0 bridgehead atoms. The molecule has 0 fully saturated rings. The van der Waals surface area contributed by atoms with Gasteiger partial charge in [-0.3, -0.25) is 0 Å². The van der Waals surface area contributed by atoms with E-state index < -0.39 is 0 Å². The third kappa shape index (κ3) is 1.78. The Hall–Kier alpha value is -1.88. The quantitative estimate of drug-likeness (QED) is 0.648. The van der Waals surface area contributed by atoms with Gasteiger partial charge in [-0.15, -0.1) is 16.9 Å².